The van der Waals surface area contributed by atoms with Crippen molar-refractivity contribution in [2.75, 3.05) is 4.72 Å². The molecule has 0 aliphatic heterocycles. The fourth-order valence-electron chi connectivity index (χ4n) is 2.79. The highest BCUT2D eigenvalue weighted by Crippen LogP contribution is 2.34. The first-order valence-electron chi connectivity index (χ1n) is 8.52. The number of para-hydroxylation sites is 1. The first kappa shape index (κ1) is 19.2. The molecule has 4 nitrogen and oxygen atoms in total. The third-order valence-corrected chi connectivity index (χ3v) is 6.40. The molecule has 3 aromatic carbocycles. The van der Waals surface area contributed by atoms with E-state index in [4.69, 9.17) is 0 Å². The van der Waals surface area contributed by atoms with E-state index < -0.39 is 15.8 Å². The summed E-state index contributed by atoms with van der Waals surface area (Å²) in [5, 5.41) is 2.22. The third-order valence-electron chi connectivity index (χ3n) is 4.16. The topological polar surface area (TPSA) is 59.1 Å². The number of thiazole rings is 1. The molecular weight excluding hydrogens is 414 g/mol. The molecule has 0 unspecified atom stereocenters. The van der Waals surface area contributed by atoms with Crippen LogP contribution in [0.5, 0.6) is 0 Å². The van der Waals surface area contributed by atoms with Crippen LogP contribution in [0.15, 0.2) is 83.1 Å². The van der Waals surface area contributed by atoms with E-state index >= 15 is 0 Å². The number of rotatable bonds is 5. The summed E-state index contributed by atoms with van der Waals surface area (Å²) in [4.78, 5) is 4.29. The van der Waals surface area contributed by atoms with Crippen LogP contribution in [0.2, 0.25) is 0 Å². The number of anilines is 1. The normalized spacial score (nSPS) is 11.4. The van der Waals surface area contributed by atoms with Gasteiger partial charge in [0.1, 0.15) is 16.6 Å². The molecule has 0 aliphatic rings. The van der Waals surface area contributed by atoms with Gasteiger partial charge in [-0.1, -0.05) is 36.4 Å². The van der Waals surface area contributed by atoms with Crippen molar-refractivity contribution in [3.8, 4) is 21.8 Å². The molecule has 0 radical (unpaired) electrons. The number of aromatic nitrogens is 1. The van der Waals surface area contributed by atoms with Gasteiger partial charge in [-0.25, -0.2) is 22.2 Å². The number of hydrogen-bond acceptors (Lipinski definition) is 4. The van der Waals surface area contributed by atoms with Crippen molar-refractivity contribution in [1.29, 1.82) is 0 Å². The zero-order valence-electron chi connectivity index (χ0n) is 14.8. The van der Waals surface area contributed by atoms with Crippen LogP contribution in [0.3, 0.4) is 0 Å². The maximum Gasteiger partial charge on any atom is 0.262 e. The van der Waals surface area contributed by atoms with Crippen molar-refractivity contribution in [2.45, 2.75) is 4.90 Å². The van der Waals surface area contributed by atoms with E-state index in [0.29, 0.717) is 27.5 Å². The summed E-state index contributed by atoms with van der Waals surface area (Å²) in [6.07, 6.45) is 0. The number of benzene rings is 3. The van der Waals surface area contributed by atoms with Crippen molar-refractivity contribution in [3.63, 3.8) is 0 Å². The SMILES string of the molecule is O=S(=O)(Nc1ccccc1-c1csc(-c2ccccc2F)n1)c1cccc(F)c1. The fourth-order valence-corrected chi connectivity index (χ4v) is 4.75. The van der Waals surface area contributed by atoms with E-state index in [1.807, 2.05) is 0 Å². The van der Waals surface area contributed by atoms with Crippen LogP contribution in [0.1, 0.15) is 0 Å². The van der Waals surface area contributed by atoms with E-state index in [0.717, 1.165) is 6.07 Å². The summed E-state index contributed by atoms with van der Waals surface area (Å²) in [5.74, 6) is -1.02. The summed E-state index contributed by atoms with van der Waals surface area (Å²) < 4.78 is 55.3. The van der Waals surface area contributed by atoms with E-state index in [2.05, 4.69) is 9.71 Å². The molecule has 0 fully saturated rings. The lowest BCUT2D eigenvalue weighted by Crippen LogP contribution is -2.13. The molecule has 0 bridgehead atoms. The lowest BCUT2D eigenvalue weighted by atomic mass is 10.1. The minimum atomic E-state index is -3.99. The summed E-state index contributed by atoms with van der Waals surface area (Å²) in [7, 11) is -3.99. The molecule has 1 heterocycles. The van der Waals surface area contributed by atoms with Crippen LogP contribution < -0.4 is 4.72 Å². The predicted octanol–water partition coefficient (Wildman–Crippen LogP) is 5.56. The molecule has 1 aromatic heterocycles. The van der Waals surface area contributed by atoms with Crippen LogP contribution in [-0.4, -0.2) is 13.4 Å². The average molecular weight is 428 g/mol. The van der Waals surface area contributed by atoms with Gasteiger partial charge < -0.3 is 0 Å². The van der Waals surface area contributed by atoms with E-state index in [1.165, 1.54) is 35.6 Å². The highest BCUT2D eigenvalue weighted by Gasteiger charge is 2.18. The molecule has 0 amide bonds. The molecule has 0 atom stereocenters. The lowest BCUT2D eigenvalue weighted by Gasteiger charge is -2.11. The molecule has 4 rings (SSSR count). The number of nitrogens with one attached hydrogen (secondary N) is 1. The Balaban J connectivity index is 1.71. The third kappa shape index (κ3) is 4.03. The van der Waals surface area contributed by atoms with Gasteiger partial charge in [0, 0.05) is 16.5 Å². The number of hydrogen-bond donors (Lipinski definition) is 1. The second-order valence-electron chi connectivity index (χ2n) is 6.13. The second-order valence-corrected chi connectivity index (χ2v) is 8.67. The minimum Gasteiger partial charge on any atom is -0.279 e. The predicted molar refractivity (Wildman–Crippen MR) is 110 cm³/mol. The Morgan fingerprint density at radius 2 is 1.59 bits per heavy atom. The standard InChI is InChI=1S/C21H14F2N2O2S2/c22-14-6-5-7-15(12-14)29(26,27)25-19-11-4-2-9-17(19)20-13-28-21(24-20)16-8-1-3-10-18(16)23/h1-13,25H. The van der Waals surface area contributed by atoms with Crippen molar-refractivity contribution >= 4 is 27.0 Å². The molecule has 4 aromatic rings. The summed E-state index contributed by atoms with van der Waals surface area (Å²) in [6, 6.07) is 17.8. The largest absolute Gasteiger partial charge is 0.279 e. The van der Waals surface area contributed by atoms with Crippen LogP contribution >= 0.6 is 11.3 Å². The van der Waals surface area contributed by atoms with Gasteiger partial charge in [-0.05, 0) is 36.4 Å². The van der Waals surface area contributed by atoms with Gasteiger partial charge in [-0.2, -0.15) is 0 Å². The molecular formula is C21H14F2N2O2S2. The summed E-state index contributed by atoms with van der Waals surface area (Å²) >= 11 is 1.26. The number of sulfonamides is 1. The first-order chi connectivity index (χ1) is 13.9. The van der Waals surface area contributed by atoms with Crippen molar-refractivity contribution in [1.82, 2.24) is 4.98 Å². The Kier molecular flexibility index (Phi) is 5.12. The Hall–Kier alpha value is -3.10. The maximum absolute atomic E-state index is 14.1. The van der Waals surface area contributed by atoms with E-state index in [1.54, 1.807) is 47.8 Å². The smallest absolute Gasteiger partial charge is 0.262 e. The minimum absolute atomic E-state index is 0.183. The monoisotopic (exact) mass is 428 g/mol. The van der Waals surface area contributed by atoms with Gasteiger partial charge in [0.25, 0.3) is 10.0 Å². The fraction of sp³-hybridized carbons (Fsp3) is 0. The Morgan fingerprint density at radius 1 is 0.862 bits per heavy atom. The molecule has 146 valence electrons. The van der Waals surface area contributed by atoms with E-state index in [9.17, 15) is 17.2 Å². The zero-order chi connectivity index (χ0) is 20.4. The highest BCUT2D eigenvalue weighted by atomic mass is 32.2. The Labute approximate surface area is 170 Å². The van der Waals surface area contributed by atoms with Gasteiger partial charge in [-0.15, -0.1) is 11.3 Å². The van der Waals surface area contributed by atoms with E-state index in [-0.39, 0.29) is 10.7 Å². The molecule has 0 saturated carbocycles. The molecule has 1 N–H and O–H groups in total. The van der Waals surface area contributed by atoms with Crippen LogP contribution in [0.4, 0.5) is 14.5 Å². The highest BCUT2D eigenvalue weighted by molar-refractivity contribution is 7.92. The first-order valence-corrected chi connectivity index (χ1v) is 10.9. The van der Waals surface area contributed by atoms with Gasteiger partial charge in [0.2, 0.25) is 0 Å². The summed E-state index contributed by atoms with van der Waals surface area (Å²) in [6.45, 7) is 0. The molecule has 0 spiro atoms. The Bertz CT molecular complexity index is 1290. The van der Waals surface area contributed by atoms with Crippen molar-refractivity contribution < 1.29 is 17.2 Å². The number of nitrogens with zero attached hydrogens (tertiary/aromatic N) is 1. The van der Waals surface area contributed by atoms with Crippen LogP contribution in [-0.2, 0) is 10.0 Å². The molecule has 0 aliphatic carbocycles. The summed E-state index contributed by atoms with van der Waals surface area (Å²) in [5.41, 5.74) is 1.71. The van der Waals surface area contributed by atoms with Gasteiger partial charge >= 0.3 is 0 Å². The van der Waals surface area contributed by atoms with Gasteiger partial charge in [0.05, 0.1) is 16.3 Å². The van der Waals surface area contributed by atoms with Crippen LogP contribution in [0, 0.1) is 11.6 Å². The van der Waals surface area contributed by atoms with Crippen molar-refractivity contribution in [3.05, 3.63) is 89.8 Å². The van der Waals surface area contributed by atoms with Crippen LogP contribution in [0.25, 0.3) is 21.8 Å². The van der Waals surface area contributed by atoms with Crippen molar-refractivity contribution in [2.24, 2.45) is 0 Å². The average Bonchev–Trinajstić information content (AvgIpc) is 3.18. The maximum atomic E-state index is 14.1. The second kappa shape index (κ2) is 7.73. The molecule has 0 saturated heterocycles. The lowest BCUT2D eigenvalue weighted by molar-refractivity contribution is 0.595. The quantitative estimate of drug-likeness (QED) is 0.453. The number of halogens is 2. The zero-order valence-corrected chi connectivity index (χ0v) is 16.5. The molecule has 29 heavy (non-hydrogen) atoms. The van der Waals surface area contributed by atoms with Gasteiger partial charge in [0.15, 0.2) is 0 Å². The Morgan fingerprint density at radius 3 is 2.34 bits per heavy atom. The van der Waals surface area contributed by atoms with Gasteiger partial charge in [-0.3, -0.25) is 4.72 Å². The molecule has 8 heteroatoms.